The standard InChI is InChI=1S/C20H35NO2/c1-3-5-6-7-8-9-10-11-12-13-15-18(14-4-2)21-19(22)16-17-20(21)23/h15H,3-14,16-17H2,1-2H3/b18-15+. The van der Waals surface area contributed by atoms with E-state index in [1.807, 2.05) is 0 Å². The predicted molar refractivity (Wildman–Crippen MR) is 95.9 cm³/mol. The lowest BCUT2D eigenvalue weighted by molar-refractivity contribution is -0.136. The third kappa shape index (κ3) is 7.81. The molecule has 0 atom stereocenters. The molecule has 1 rings (SSSR count). The Kier molecular flexibility index (Phi) is 10.7. The van der Waals surface area contributed by atoms with Crippen LogP contribution in [-0.4, -0.2) is 16.7 Å². The molecule has 0 aromatic heterocycles. The van der Waals surface area contributed by atoms with E-state index in [4.69, 9.17) is 0 Å². The Bertz CT molecular complexity index is 371. The lowest BCUT2D eigenvalue weighted by Crippen LogP contribution is -2.28. The van der Waals surface area contributed by atoms with Crippen molar-refractivity contribution in [1.82, 2.24) is 4.90 Å². The van der Waals surface area contributed by atoms with E-state index in [1.165, 1.54) is 62.7 Å². The third-order valence-corrected chi connectivity index (χ3v) is 4.53. The van der Waals surface area contributed by atoms with Crippen molar-refractivity contribution in [3.8, 4) is 0 Å². The summed E-state index contributed by atoms with van der Waals surface area (Å²) in [6, 6.07) is 0. The number of hydrogen-bond acceptors (Lipinski definition) is 2. The molecule has 0 spiro atoms. The molecule has 132 valence electrons. The zero-order valence-electron chi connectivity index (χ0n) is 15.2. The van der Waals surface area contributed by atoms with Crippen LogP contribution in [-0.2, 0) is 9.59 Å². The van der Waals surface area contributed by atoms with Gasteiger partial charge in [-0.3, -0.25) is 14.5 Å². The van der Waals surface area contributed by atoms with Crippen molar-refractivity contribution in [2.75, 3.05) is 0 Å². The van der Waals surface area contributed by atoms with Gasteiger partial charge in [0, 0.05) is 18.5 Å². The van der Waals surface area contributed by atoms with Gasteiger partial charge in [0.25, 0.3) is 0 Å². The highest BCUT2D eigenvalue weighted by Gasteiger charge is 2.30. The van der Waals surface area contributed by atoms with Crippen molar-refractivity contribution in [3.05, 3.63) is 11.8 Å². The maximum Gasteiger partial charge on any atom is 0.234 e. The van der Waals surface area contributed by atoms with Crippen LogP contribution in [0.5, 0.6) is 0 Å². The second-order valence-corrected chi connectivity index (χ2v) is 6.69. The van der Waals surface area contributed by atoms with Crippen molar-refractivity contribution >= 4 is 11.8 Å². The Morgan fingerprint density at radius 1 is 0.826 bits per heavy atom. The van der Waals surface area contributed by atoms with Gasteiger partial charge >= 0.3 is 0 Å². The highest BCUT2D eigenvalue weighted by atomic mass is 16.2. The summed E-state index contributed by atoms with van der Waals surface area (Å²) < 4.78 is 0. The van der Waals surface area contributed by atoms with E-state index in [-0.39, 0.29) is 11.8 Å². The molecule has 0 radical (unpaired) electrons. The molecule has 0 unspecified atom stereocenters. The average Bonchev–Trinajstić information content (AvgIpc) is 2.87. The van der Waals surface area contributed by atoms with Crippen LogP contribution in [0.1, 0.15) is 104 Å². The molecular weight excluding hydrogens is 286 g/mol. The van der Waals surface area contributed by atoms with Crippen LogP contribution in [0, 0.1) is 0 Å². The van der Waals surface area contributed by atoms with Gasteiger partial charge < -0.3 is 0 Å². The zero-order valence-corrected chi connectivity index (χ0v) is 15.2. The van der Waals surface area contributed by atoms with Crippen LogP contribution >= 0.6 is 0 Å². The van der Waals surface area contributed by atoms with E-state index >= 15 is 0 Å². The lowest BCUT2D eigenvalue weighted by atomic mass is 10.1. The van der Waals surface area contributed by atoms with Crippen LogP contribution in [0.25, 0.3) is 0 Å². The van der Waals surface area contributed by atoms with Gasteiger partial charge in [-0.25, -0.2) is 0 Å². The molecule has 23 heavy (non-hydrogen) atoms. The van der Waals surface area contributed by atoms with E-state index in [0.717, 1.165) is 25.0 Å². The summed E-state index contributed by atoms with van der Waals surface area (Å²) in [5.74, 6) is -0.0245. The summed E-state index contributed by atoms with van der Waals surface area (Å²) >= 11 is 0. The van der Waals surface area contributed by atoms with E-state index in [9.17, 15) is 9.59 Å². The van der Waals surface area contributed by atoms with Gasteiger partial charge in [-0.2, -0.15) is 0 Å². The largest absolute Gasteiger partial charge is 0.274 e. The van der Waals surface area contributed by atoms with Crippen molar-refractivity contribution in [1.29, 1.82) is 0 Å². The summed E-state index contributed by atoms with van der Waals surface area (Å²) in [5, 5.41) is 0. The number of likely N-dealkylation sites (tertiary alicyclic amines) is 1. The molecule has 0 aromatic carbocycles. The molecule has 3 heteroatoms. The number of unbranched alkanes of at least 4 members (excludes halogenated alkanes) is 9. The number of allylic oxidation sites excluding steroid dienone is 2. The third-order valence-electron chi connectivity index (χ3n) is 4.53. The normalized spacial score (nSPS) is 15.7. The fraction of sp³-hybridized carbons (Fsp3) is 0.800. The summed E-state index contributed by atoms with van der Waals surface area (Å²) in [7, 11) is 0. The van der Waals surface area contributed by atoms with Crippen LogP contribution < -0.4 is 0 Å². The fourth-order valence-electron chi connectivity index (χ4n) is 3.18. The second-order valence-electron chi connectivity index (χ2n) is 6.69. The number of amides is 2. The van der Waals surface area contributed by atoms with Crippen molar-refractivity contribution in [3.63, 3.8) is 0 Å². The van der Waals surface area contributed by atoms with E-state index in [0.29, 0.717) is 12.8 Å². The van der Waals surface area contributed by atoms with Gasteiger partial charge in [-0.1, -0.05) is 77.7 Å². The van der Waals surface area contributed by atoms with Gasteiger partial charge in [-0.15, -0.1) is 0 Å². The molecule has 0 aliphatic carbocycles. The first kappa shape index (κ1) is 19.9. The number of rotatable bonds is 13. The van der Waals surface area contributed by atoms with Gasteiger partial charge in [-0.05, 0) is 19.3 Å². The van der Waals surface area contributed by atoms with E-state index in [2.05, 4.69) is 19.9 Å². The van der Waals surface area contributed by atoms with Crippen molar-refractivity contribution in [2.24, 2.45) is 0 Å². The van der Waals surface area contributed by atoms with E-state index < -0.39 is 0 Å². The lowest BCUT2D eigenvalue weighted by Gasteiger charge is -2.17. The number of imide groups is 1. The minimum absolute atomic E-state index is 0.0122. The zero-order chi connectivity index (χ0) is 16.9. The highest BCUT2D eigenvalue weighted by molar-refractivity contribution is 6.03. The molecule has 1 aliphatic rings. The summed E-state index contributed by atoms with van der Waals surface area (Å²) in [5.41, 5.74) is 0.944. The SMILES string of the molecule is CCCCCCCCCCC/C=C(\CCC)N1C(=O)CCC1=O. The molecular formula is C20H35NO2. The van der Waals surface area contributed by atoms with Gasteiger partial charge in [0.05, 0.1) is 0 Å². The molecule has 0 bridgehead atoms. The number of nitrogens with zero attached hydrogens (tertiary/aromatic N) is 1. The van der Waals surface area contributed by atoms with Crippen molar-refractivity contribution in [2.45, 2.75) is 104 Å². The highest BCUT2D eigenvalue weighted by Crippen LogP contribution is 2.22. The summed E-state index contributed by atoms with van der Waals surface area (Å²) in [6.45, 7) is 4.35. The monoisotopic (exact) mass is 321 g/mol. The molecule has 1 fully saturated rings. The second kappa shape index (κ2) is 12.3. The summed E-state index contributed by atoms with van der Waals surface area (Å²) in [6.07, 6.45) is 17.6. The van der Waals surface area contributed by atoms with Gasteiger partial charge in [0.2, 0.25) is 11.8 Å². The Morgan fingerprint density at radius 2 is 1.35 bits per heavy atom. The molecule has 1 heterocycles. The van der Waals surface area contributed by atoms with Crippen LogP contribution in [0.4, 0.5) is 0 Å². The number of hydrogen-bond donors (Lipinski definition) is 0. The fourth-order valence-corrected chi connectivity index (χ4v) is 3.18. The quantitative estimate of drug-likeness (QED) is 0.320. The predicted octanol–water partition coefficient (Wildman–Crippen LogP) is 5.74. The first-order chi connectivity index (χ1) is 11.2. The summed E-state index contributed by atoms with van der Waals surface area (Å²) in [4.78, 5) is 25.1. The number of carbonyl (C=O) groups excluding carboxylic acids is 2. The first-order valence-electron chi connectivity index (χ1n) is 9.75. The maximum atomic E-state index is 11.8. The smallest absolute Gasteiger partial charge is 0.234 e. The Balaban J connectivity index is 2.20. The minimum Gasteiger partial charge on any atom is -0.274 e. The van der Waals surface area contributed by atoms with E-state index in [1.54, 1.807) is 0 Å². The Labute approximate surface area is 142 Å². The first-order valence-corrected chi connectivity index (χ1v) is 9.75. The Morgan fingerprint density at radius 3 is 1.87 bits per heavy atom. The van der Waals surface area contributed by atoms with Crippen LogP contribution in [0.15, 0.2) is 11.8 Å². The topological polar surface area (TPSA) is 37.4 Å². The Hall–Kier alpha value is -1.12. The van der Waals surface area contributed by atoms with Gasteiger partial charge in [0.15, 0.2) is 0 Å². The average molecular weight is 322 g/mol. The van der Waals surface area contributed by atoms with Gasteiger partial charge in [0.1, 0.15) is 0 Å². The molecule has 2 amide bonds. The molecule has 3 nitrogen and oxygen atoms in total. The molecule has 1 saturated heterocycles. The van der Waals surface area contributed by atoms with Crippen LogP contribution in [0.2, 0.25) is 0 Å². The molecule has 0 N–H and O–H groups in total. The van der Waals surface area contributed by atoms with Crippen LogP contribution in [0.3, 0.4) is 0 Å². The molecule has 1 aliphatic heterocycles. The maximum absolute atomic E-state index is 11.8. The number of carbonyl (C=O) groups is 2. The minimum atomic E-state index is -0.0122. The molecule has 0 saturated carbocycles. The van der Waals surface area contributed by atoms with Crippen molar-refractivity contribution < 1.29 is 9.59 Å². The molecule has 0 aromatic rings.